The Balaban J connectivity index is 1.80. The number of unbranched alkanes of at least 4 members (excludes halogenated alkanes) is 1. The number of hydrogen-bond donors (Lipinski definition) is 5. The number of Topliss-reactive ketones (excluding diaryl/α,β-unsaturated/α-hetero) is 1. The fourth-order valence-corrected chi connectivity index (χ4v) is 4.57. The number of anilines is 1. The molecule has 3 aromatic carbocycles. The Morgan fingerprint density at radius 1 is 0.791 bits per heavy atom. The third-order valence-corrected chi connectivity index (χ3v) is 6.95. The largest absolute Gasteiger partial charge is 0.467 e. The van der Waals surface area contributed by atoms with E-state index in [-0.39, 0.29) is 24.1 Å². The second-order valence-electron chi connectivity index (χ2n) is 10.2. The van der Waals surface area contributed by atoms with Crippen molar-refractivity contribution in [3.8, 4) is 0 Å². The topological polar surface area (TPSA) is 183 Å². The van der Waals surface area contributed by atoms with E-state index in [0.29, 0.717) is 43.5 Å². The number of carbonyl (C=O) groups is 5. The lowest BCUT2D eigenvalue weighted by Gasteiger charge is -2.22. The van der Waals surface area contributed by atoms with E-state index in [9.17, 15) is 24.0 Å². The van der Waals surface area contributed by atoms with Gasteiger partial charge in [-0.25, -0.2) is 4.79 Å². The molecule has 0 heterocycles. The van der Waals surface area contributed by atoms with Crippen LogP contribution in [0.3, 0.4) is 0 Å². The molecule has 0 radical (unpaired) electrons. The SMILES string of the molecule is COC(=O)C(CCCN)NC(=O)C(CCCCN)NC(=O)C(=O)c1cc(C)ccc1NC(=O)c1ccc2ccccc2c1. The van der Waals surface area contributed by atoms with Gasteiger partial charge in [-0.3, -0.25) is 19.2 Å². The van der Waals surface area contributed by atoms with Gasteiger partial charge in [0.1, 0.15) is 12.1 Å². The number of hydrogen-bond acceptors (Lipinski definition) is 8. The molecule has 0 fully saturated rings. The lowest BCUT2D eigenvalue weighted by atomic mass is 10.0. The molecule has 11 heteroatoms. The second-order valence-corrected chi connectivity index (χ2v) is 10.2. The molecule has 0 bridgehead atoms. The van der Waals surface area contributed by atoms with Crippen molar-refractivity contribution in [2.24, 2.45) is 11.5 Å². The van der Waals surface area contributed by atoms with Gasteiger partial charge in [0.15, 0.2) is 0 Å². The van der Waals surface area contributed by atoms with Gasteiger partial charge >= 0.3 is 5.97 Å². The third kappa shape index (κ3) is 9.19. The van der Waals surface area contributed by atoms with E-state index in [2.05, 4.69) is 16.0 Å². The molecular weight excluding hydrogens is 550 g/mol. The van der Waals surface area contributed by atoms with Crippen LogP contribution in [0.5, 0.6) is 0 Å². The van der Waals surface area contributed by atoms with Crippen molar-refractivity contribution in [1.82, 2.24) is 10.6 Å². The van der Waals surface area contributed by atoms with Crippen molar-refractivity contribution in [2.45, 2.75) is 51.1 Å². The molecule has 2 unspecified atom stereocenters. The molecule has 0 aliphatic rings. The Bertz CT molecular complexity index is 1470. The molecule has 228 valence electrons. The first kappa shape index (κ1) is 32.9. The van der Waals surface area contributed by atoms with Gasteiger partial charge in [0.2, 0.25) is 5.91 Å². The highest BCUT2D eigenvalue weighted by Gasteiger charge is 2.29. The number of nitrogens with two attached hydrogens (primary N) is 2. The zero-order valence-electron chi connectivity index (χ0n) is 24.5. The monoisotopic (exact) mass is 589 g/mol. The van der Waals surface area contributed by atoms with Crippen LogP contribution in [0.2, 0.25) is 0 Å². The summed E-state index contributed by atoms with van der Waals surface area (Å²) in [5, 5.41) is 9.72. The quantitative estimate of drug-likeness (QED) is 0.0775. The van der Waals surface area contributed by atoms with E-state index in [1.54, 1.807) is 31.2 Å². The third-order valence-electron chi connectivity index (χ3n) is 6.95. The van der Waals surface area contributed by atoms with Crippen LogP contribution in [-0.4, -0.2) is 61.8 Å². The number of nitrogens with one attached hydrogen (secondary N) is 3. The van der Waals surface area contributed by atoms with E-state index in [0.717, 1.165) is 10.8 Å². The molecule has 0 saturated carbocycles. The van der Waals surface area contributed by atoms with Gasteiger partial charge in [-0.1, -0.05) is 42.0 Å². The molecule has 0 aliphatic carbocycles. The fraction of sp³-hybridized carbons (Fsp3) is 0.344. The minimum Gasteiger partial charge on any atom is -0.467 e. The molecule has 11 nitrogen and oxygen atoms in total. The molecule has 0 spiro atoms. The molecule has 3 amide bonds. The Morgan fingerprint density at radius 3 is 2.19 bits per heavy atom. The smallest absolute Gasteiger partial charge is 0.328 e. The number of ketones is 1. The van der Waals surface area contributed by atoms with Crippen molar-refractivity contribution in [2.75, 3.05) is 25.5 Å². The van der Waals surface area contributed by atoms with Gasteiger partial charge in [0.05, 0.1) is 18.4 Å². The van der Waals surface area contributed by atoms with Gasteiger partial charge in [-0.2, -0.15) is 0 Å². The van der Waals surface area contributed by atoms with Crippen molar-refractivity contribution in [3.05, 3.63) is 77.4 Å². The number of fused-ring (bicyclic) bond motifs is 1. The zero-order chi connectivity index (χ0) is 31.4. The van der Waals surface area contributed by atoms with Crippen molar-refractivity contribution >= 4 is 45.9 Å². The summed E-state index contributed by atoms with van der Waals surface area (Å²) in [6.45, 7) is 2.44. The lowest BCUT2D eigenvalue weighted by Crippen LogP contribution is -2.53. The van der Waals surface area contributed by atoms with Gasteiger partial charge in [-0.15, -0.1) is 0 Å². The normalized spacial score (nSPS) is 12.2. The highest BCUT2D eigenvalue weighted by Crippen LogP contribution is 2.21. The number of methoxy groups -OCH3 is 1. The molecule has 7 N–H and O–H groups in total. The molecule has 0 saturated heterocycles. The summed E-state index contributed by atoms with van der Waals surface area (Å²) in [6.07, 6.45) is 1.98. The van der Waals surface area contributed by atoms with E-state index < -0.39 is 41.6 Å². The van der Waals surface area contributed by atoms with E-state index in [1.165, 1.54) is 13.2 Å². The first-order valence-electron chi connectivity index (χ1n) is 14.2. The molecule has 0 aliphatic heterocycles. The van der Waals surface area contributed by atoms with Crippen molar-refractivity contribution in [3.63, 3.8) is 0 Å². The summed E-state index contributed by atoms with van der Waals surface area (Å²) in [6, 6.07) is 15.5. The van der Waals surface area contributed by atoms with E-state index >= 15 is 0 Å². The Morgan fingerprint density at radius 2 is 1.49 bits per heavy atom. The van der Waals surface area contributed by atoms with Crippen LogP contribution in [0.25, 0.3) is 10.8 Å². The van der Waals surface area contributed by atoms with Crippen LogP contribution in [0.15, 0.2) is 60.7 Å². The van der Waals surface area contributed by atoms with Gasteiger partial charge in [0, 0.05) is 5.56 Å². The first-order chi connectivity index (χ1) is 20.7. The number of amides is 3. The van der Waals surface area contributed by atoms with Crippen LogP contribution in [-0.2, 0) is 19.1 Å². The highest BCUT2D eigenvalue weighted by molar-refractivity contribution is 6.44. The molecular formula is C32H39N5O6. The molecule has 43 heavy (non-hydrogen) atoms. The Hall–Kier alpha value is -4.61. The van der Waals surface area contributed by atoms with Crippen molar-refractivity contribution in [1.29, 1.82) is 0 Å². The average Bonchev–Trinajstić information content (AvgIpc) is 3.02. The average molecular weight is 590 g/mol. The molecule has 3 aromatic rings. The van der Waals surface area contributed by atoms with Crippen LogP contribution in [0.1, 0.15) is 58.4 Å². The maximum absolute atomic E-state index is 13.4. The minimum atomic E-state index is -1.12. The fourth-order valence-electron chi connectivity index (χ4n) is 4.57. The minimum absolute atomic E-state index is 0.0249. The number of ether oxygens (including phenoxy) is 1. The standard InChI is InChI=1S/C32H39N5O6/c1-20-12-15-25(35-29(39)23-14-13-21-8-3-4-9-22(21)19-23)24(18-20)28(38)31(41)36-26(10-5-6-16-33)30(40)37-27(11-7-17-34)32(42)43-2/h3-4,8-9,12-15,18-19,26-27H,5-7,10-11,16-17,33-34H2,1-2H3,(H,35,39)(H,36,41)(H,37,40). The maximum atomic E-state index is 13.4. The number of aryl methyl sites for hydroxylation is 1. The first-order valence-corrected chi connectivity index (χ1v) is 14.2. The molecule has 3 rings (SSSR count). The summed E-state index contributed by atoms with van der Waals surface area (Å²) in [7, 11) is 1.21. The Kier molecular flexibility index (Phi) is 12.3. The second kappa shape index (κ2) is 16.1. The molecule has 0 aromatic heterocycles. The number of carbonyl (C=O) groups excluding carboxylic acids is 5. The highest BCUT2D eigenvalue weighted by atomic mass is 16.5. The number of rotatable bonds is 15. The summed E-state index contributed by atoms with van der Waals surface area (Å²) >= 11 is 0. The number of esters is 1. The van der Waals surface area contributed by atoms with Crippen LogP contribution >= 0.6 is 0 Å². The van der Waals surface area contributed by atoms with Gasteiger partial charge in [0.25, 0.3) is 17.6 Å². The van der Waals surface area contributed by atoms with Crippen LogP contribution in [0.4, 0.5) is 5.69 Å². The van der Waals surface area contributed by atoms with Gasteiger partial charge in [-0.05, 0) is 87.2 Å². The summed E-state index contributed by atoms with van der Waals surface area (Å²) in [5.41, 5.74) is 12.4. The van der Waals surface area contributed by atoms with Crippen LogP contribution in [0, 0.1) is 6.92 Å². The lowest BCUT2D eigenvalue weighted by molar-refractivity contribution is -0.145. The number of benzene rings is 3. The van der Waals surface area contributed by atoms with E-state index in [4.69, 9.17) is 16.2 Å². The van der Waals surface area contributed by atoms with Crippen molar-refractivity contribution < 1.29 is 28.7 Å². The zero-order valence-corrected chi connectivity index (χ0v) is 24.5. The van der Waals surface area contributed by atoms with Crippen LogP contribution < -0.4 is 27.4 Å². The predicted octanol–water partition coefficient (Wildman–Crippen LogP) is 2.59. The molecule has 2 atom stereocenters. The van der Waals surface area contributed by atoms with Gasteiger partial charge < -0.3 is 32.2 Å². The summed E-state index contributed by atoms with van der Waals surface area (Å²) in [5.74, 6) is -3.69. The maximum Gasteiger partial charge on any atom is 0.328 e. The Labute approximate surface area is 250 Å². The summed E-state index contributed by atoms with van der Waals surface area (Å²) in [4.78, 5) is 65.1. The summed E-state index contributed by atoms with van der Waals surface area (Å²) < 4.78 is 4.79. The van der Waals surface area contributed by atoms with E-state index in [1.807, 2.05) is 30.3 Å². The predicted molar refractivity (Wildman–Crippen MR) is 164 cm³/mol.